The van der Waals surface area contributed by atoms with Crippen LogP contribution in [0.25, 0.3) is 0 Å². The third-order valence-corrected chi connectivity index (χ3v) is 3.68. The zero-order valence-electron chi connectivity index (χ0n) is 12.7. The summed E-state index contributed by atoms with van der Waals surface area (Å²) in [4.78, 5) is 12.0. The summed E-state index contributed by atoms with van der Waals surface area (Å²) in [6.45, 7) is 1.57. The first-order valence-corrected chi connectivity index (χ1v) is 7.64. The van der Waals surface area contributed by atoms with Crippen LogP contribution >= 0.6 is 0 Å². The van der Waals surface area contributed by atoms with Gasteiger partial charge >= 0.3 is 0 Å². The van der Waals surface area contributed by atoms with Crippen molar-refractivity contribution in [2.75, 3.05) is 19.8 Å². The molecule has 0 aromatic heterocycles. The van der Waals surface area contributed by atoms with E-state index >= 15 is 0 Å². The van der Waals surface area contributed by atoms with Gasteiger partial charge in [0.05, 0.1) is 6.42 Å². The highest BCUT2D eigenvalue weighted by Crippen LogP contribution is 2.30. The molecule has 1 aliphatic rings. The van der Waals surface area contributed by atoms with E-state index in [1.807, 2.05) is 30.3 Å². The highest BCUT2D eigenvalue weighted by Gasteiger charge is 2.13. The Morgan fingerprint density at radius 2 is 1.87 bits per heavy atom. The SMILES string of the molecule is O=C(Cc1ccc2c(c1)OCCO2)NCCc1ccccc1O. The lowest BCUT2D eigenvalue weighted by Crippen LogP contribution is -2.27. The minimum absolute atomic E-state index is 0.0582. The molecule has 0 saturated carbocycles. The molecule has 5 heteroatoms. The van der Waals surface area contributed by atoms with E-state index in [-0.39, 0.29) is 18.1 Å². The van der Waals surface area contributed by atoms with Gasteiger partial charge in [-0.1, -0.05) is 24.3 Å². The Morgan fingerprint density at radius 1 is 1.09 bits per heavy atom. The third kappa shape index (κ3) is 3.94. The summed E-state index contributed by atoms with van der Waals surface area (Å²) in [6, 6.07) is 12.7. The molecule has 23 heavy (non-hydrogen) atoms. The van der Waals surface area contributed by atoms with Crippen LogP contribution in [0.1, 0.15) is 11.1 Å². The molecule has 5 nitrogen and oxygen atoms in total. The number of nitrogens with one attached hydrogen (secondary N) is 1. The number of phenols is 1. The number of hydrogen-bond donors (Lipinski definition) is 2. The fourth-order valence-electron chi connectivity index (χ4n) is 2.50. The average molecular weight is 313 g/mol. The van der Waals surface area contributed by atoms with Crippen molar-refractivity contribution in [3.8, 4) is 17.2 Å². The molecule has 0 unspecified atom stereocenters. The molecule has 0 radical (unpaired) electrons. The van der Waals surface area contributed by atoms with Crippen molar-refractivity contribution in [2.24, 2.45) is 0 Å². The van der Waals surface area contributed by atoms with Crippen molar-refractivity contribution in [2.45, 2.75) is 12.8 Å². The first-order chi connectivity index (χ1) is 11.2. The number of hydrogen-bond acceptors (Lipinski definition) is 4. The van der Waals surface area contributed by atoms with Crippen LogP contribution in [0, 0.1) is 0 Å². The maximum Gasteiger partial charge on any atom is 0.224 e. The van der Waals surface area contributed by atoms with E-state index in [0.29, 0.717) is 31.9 Å². The van der Waals surface area contributed by atoms with E-state index in [1.54, 1.807) is 12.1 Å². The largest absolute Gasteiger partial charge is 0.508 e. The normalized spacial score (nSPS) is 12.7. The van der Waals surface area contributed by atoms with Gasteiger partial charge < -0.3 is 19.9 Å². The molecule has 0 spiro atoms. The van der Waals surface area contributed by atoms with Crippen LogP contribution in [0.5, 0.6) is 17.2 Å². The van der Waals surface area contributed by atoms with Gasteiger partial charge in [0.25, 0.3) is 0 Å². The van der Waals surface area contributed by atoms with E-state index < -0.39 is 0 Å². The molecule has 120 valence electrons. The highest BCUT2D eigenvalue weighted by atomic mass is 16.6. The van der Waals surface area contributed by atoms with Crippen molar-refractivity contribution in [3.05, 3.63) is 53.6 Å². The number of fused-ring (bicyclic) bond motifs is 1. The second kappa shape index (κ2) is 7.05. The smallest absolute Gasteiger partial charge is 0.224 e. The lowest BCUT2D eigenvalue weighted by atomic mass is 10.1. The summed E-state index contributed by atoms with van der Waals surface area (Å²) in [5, 5.41) is 12.5. The fraction of sp³-hybridized carbons (Fsp3) is 0.278. The first kappa shape index (κ1) is 15.2. The van der Waals surface area contributed by atoms with E-state index in [4.69, 9.17) is 9.47 Å². The topological polar surface area (TPSA) is 67.8 Å². The van der Waals surface area contributed by atoms with Crippen LogP contribution < -0.4 is 14.8 Å². The summed E-state index contributed by atoms with van der Waals surface area (Å²) in [7, 11) is 0. The van der Waals surface area contributed by atoms with Crippen molar-refractivity contribution in [1.29, 1.82) is 0 Å². The molecule has 2 aromatic carbocycles. The summed E-state index contributed by atoms with van der Waals surface area (Å²) in [5.74, 6) is 1.61. The van der Waals surface area contributed by atoms with Crippen LogP contribution in [0.3, 0.4) is 0 Å². The zero-order valence-corrected chi connectivity index (χ0v) is 12.7. The second-order valence-electron chi connectivity index (χ2n) is 5.38. The molecule has 2 N–H and O–H groups in total. The molecule has 0 fully saturated rings. The molecular formula is C18H19NO4. The molecular weight excluding hydrogens is 294 g/mol. The lowest BCUT2D eigenvalue weighted by molar-refractivity contribution is -0.120. The number of phenolic OH excluding ortho intramolecular Hbond substituents is 1. The van der Waals surface area contributed by atoms with E-state index in [1.165, 1.54) is 0 Å². The van der Waals surface area contributed by atoms with Crippen LogP contribution in [-0.4, -0.2) is 30.8 Å². The van der Waals surface area contributed by atoms with E-state index in [0.717, 1.165) is 16.9 Å². The predicted octanol–water partition coefficient (Wildman–Crippen LogP) is 2.06. The number of benzene rings is 2. The van der Waals surface area contributed by atoms with Crippen LogP contribution in [0.15, 0.2) is 42.5 Å². The monoisotopic (exact) mass is 313 g/mol. The standard InChI is InChI=1S/C18H19NO4/c20-15-4-2-1-3-14(15)7-8-19-18(21)12-13-5-6-16-17(11-13)23-10-9-22-16/h1-6,11,20H,7-10,12H2,(H,19,21). The van der Waals surface area contributed by atoms with Crippen molar-refractivity contribution < 1.29 is 19.4 Å². The molecule has 0 bridgehead atoms. The summed E-state index contributed by atoms with van der Waals surface area (Å²) in [6.07, 6.45) is 0.886. The lowest BCUT2D eigenvalue weighted by Gasteiger charge is -2.18. The van der Waals surface area contributed by atoms with Gasteiger partial charge in [-0.05, 0) is 35.7 Å². The van der Waals surface area contributed by atoms with Crippen molar-refractivity contribution in [3.63, 3.8) is 0 Å². The molecule has 1 aliphatic heterocycles. The van der Waals surface area contributed by atoms with Gasteiger partial charge in [-0.15, -0.1) is 0 Å². The molecule has 0 atom stereocenters. The van der Waals surface area contributed by atoms with Crippen molar-refractivity contribution in [1.82, 2.24) is 5.32 Å². The second-order valence-corrected chi connectivity index (χ2v) is 5.38. The van der Waals surface area contributed by atoms with Crippen molar-refractivity contribution >= 4 is 5.91 Å². The maximum absolute atomic E-state index is 12.0. The molecule has 0 aliphatic carbocycles. The first-order valence-electron chi connectivity index (χ1n) is 7.64. The fourth-order valence-corrected chi connectivity index (χ4v) is 2.50. The van der Waals surface area contributed by atoms with Gasteiger partial charge in [-0.3, -0.25) is 4.79 Å². The summed E-state index contributed by atoms with van der Waals surface area (Å²) < 4.78 is 11.0. The number of amides is 1. The Kier molecular flexibility index (Phi) is 4.66. The molecule has 2 aromatic rings. The number of rotatable bonds is 5. The minimum Gasteiger partial charge on any atom is -0.508 e. The summed E-state index contributed by atoms with van der Waals surface area (Å²) in [5.41, 5.74) is 1.71. The number of ether oxygens (including phenoxy) is 2. The zero-order chi connectivity index (χ0) is 16.1. The number of carbonyl (C=O) groups excluding carboxylic acids is 1. The van der Waals surface area contributed by atoms with Gasteiger partial charge in [0, 0.05) is 6.54 Å². The molecule has 3 rings (SSSR count). The maximum atomic E-state index is 12.0. The van der Waals surface area contributed by atoms with Gasteiger partial charge in [0.2, 0.25) is 5.91 Å². The highest BCUT2D eigenvalue weighted by molar-refractivity contribution is 5.78. The number of aromatic hydroxyl groups is 1. The number of carbonyl (C=O) groups is 1. The summed E-state index contributed by atoms with van der Waals surface area (Å²) >= 11 is 0. The van der Waals surface area contributed by atoms with E-state index in [2.05, 4.69) is 5.32 Å². The Bertz CT molecular complexity index is 699. The Labute approximate surface area is 134 Å². The van der Waals surface area contributed by atoms with E-state index in [9.17, 15) is 9.90 Å². The van der Waals surface area contributed by atoms with Gasteiger partial charge in [-0.2, -0.15) is 0 Å². The van der Waals surface area contributed by atoms with Crippen LogP contribution in [0.4, 0.5) is 0 Å². The third-order valence-electron chi connectivity index (χ3n) is 3.68. The van der Waals surface area contributed by atoms with Gasteiger partial charge in [0.15, 0.2) is 11.5 Å². The molecule has 0 saturated heterocycles. The average Bonchev–Trinajstić information content (AvgIpc) is 2.56. The Hall–Kier alpha value is -2.69. The molecule has 1 amide bonds. The Morgan fingerprint density at radius 3 is 2.70 bits per heavy atom. The molecule has 1 heterocycles. The van der Waals surface area contributed by atoms with Gasteiger partial charge in [-0.25, -0.2) is 0 Å². The quantitative estimate of drug-likeness (QED) is 0.887. The Balaban J connectivity index is 1.50. The van der Waals surface area contributed by atoms with Crippen LogP contribution in [-0.2, 0) is 17.6 Å². The van der Waals surface area contributed by atoms with Gasteiger partial charge in [0.1, 0.15) is 19.0 Å². The number of para-hydroxylation sites is 1. The predicted molar refractivity (Wildman–Crippen MR) is 86.0 cm³/mol. The minimum atomic E-state index is -0.0582. The van der Waals surface area contributed by atoms with Crippen LogP contribution in [0.2, 0.25) is 0 Å².